The lowest BCUT2D eigenvalue weighted by Crippen LogP contribution is -2.28. The van der Waals surface area contributed by atoms with Crippen LogP contribution in [0.5, 0.6) is 0 Å². The summed E-state index contributed by atoms with van der Waals surface area (Å²) in [6, 6.07) is 0.502. The molecule has 1 aliphatic heterocycles. The molecule has 2 nitrogen and oxygen atoms in total. The van der Waals surface area contributed by atoms with E-state index in [2.05, 4.69) is 36.4 Å². The highest BCUT2D eigenvalue weighted by Crippen LogP contribution is 2.25. The number of hydrogen-bond acceptors (Lipinski definition) is 2. The third kappa shape index (κ3) is 0.946. The summed E-state index contributed by atoms with van der Waals surface area (Å²) in [7, 11) is 2.08. The van der Waals surface area contributed by atoms with Crippen molar-refractivity contribution in [2.24, 2.45) is 11.7 Å². The van der Waals surface area contributed by atoms with Crippen LogP contribution in [0.2, 0.25) is 0 Å². The Balaban J connectivity index is 2.26. The van der Waals surface area contributed by atoms with E-state index in [1.54, 1.807) is 0 Å². The zero-order valence-electron chi connectivity index (χ0n) is 6.57. The third-order valence-electron chi connectivity index (χ3n) is 2.28. The molecule has 58 valence electrons. The largest absolute Gasteiger partial charge is 0.399 e. The van der Waals surface area contributed by atoms with Gasteiger partial charge in [0.2, 0.25) is 0 Å². The Bertz CT molecular complexity index is 250. The van der Waals surface area contributed by atoms with Gasteiger partial charge in [-0.25, -0.2) is 0 Å². The maximum absolute atomic E-state index is 5.66. The topological polar surface area (TPSA) is 29.3 Å². The minimum absolute atomic E-state index is 0.491. The van der Waals surface area contributed by atoms with Gasteiger partial charge in [0, 0.05) is 18.7 Å². The van der Waals surface area contributed by atoms with Crippen molar-refractivity contribution in [3.8, 4) is 0 Å². The maximum atomic E-state index is 5.66. The molecule has 0 saturated heterocycles. The van der Waals surface area contributed by atoms with E-state index in [9.17, 15) is 0 Å². The summed E-state index contributed by atoms with van der Waals surface area (Å²) < 4.78 is 0. The van der Waals surface area contributed by atoms with Crippen LogP contribution in [0.25, 0.3) is 0 Å². The Morgan fingerprint density at radius 2 is 2.27 bits per heavy atom. The number of rotatable bonds is 0. The van der Waals surface area contributed by atoms with Crippen molar-refractivity contribution in [2.75, 3.05) is 7.05 Å². The minimum atomic E-state index is 0.491. The molecule has 0 fully saturated rings. The monoisotopic (exact) mass is 148 g/mol. The molecule has 2 N–H and O–H groups in total. The van der Waals surface area contributed by atoms with Gasteiger partial charge >= 0.3 is 0 Å². The van der Waals surface area contributed by atoms with Gasteiger partial charge in [0.25, 0.3) is 0 Å². The molecule has 0 aromatic heterocycles. The summed E-state index contributed by atoms with van der Waals surface area (Å²) in [5.74, 6) is 0.491. The van der Waals surface area contributed by atoms with Gasteiger partial charge < -0.3 is 10.6 Å². The highest BCUT2D eigenvalue weighted by Gasteiger charge is 2.24. The van der Waals surface area contributed by atoms with E-state index in [4.69, 9.17) is 5.73 Å². The molecular weight excluding hydrogens is 136 g/mol. The number of nitrogens with two attached hydrogens (primary N) is 1. The summed E-state index contributed by atoms with van der Waals surface area (Å²) in [5, 5.41) is 0. The second-order valence-electron chi connectivity index (χ2n) is 3.10. The van der Waals surface area contributed by atoms with Crippen molar-refractivity contribution in [2.45, 2.75) is 6.04 Å². The van der Waals surface area contributed by atoms with Gasteiger partial charge in [-0.3, -0.25) is 0 Å². The zero-order valence-corrected chi connectivity index (χ0v) is 6.57. The average molecular weight is 148 g/mol. The smallest absolute Gasteiger partial charge is 0.0566 e. The van der Waals surface area contributed by atoms with Crippen molar-refractivity contribution in [3.05, 3.63) is 36.2 Å². The molecule has 2 heteroatoms. The van der Waals surface area contributed by atoms with Crippen molar-refractivity contribution in [1.82, 2.24) is 4.90 Å². The van der Waals surface area contributed by atoms with Crippen LogP contribution in [0.4, 0.5) is 0 Å². The normalized spacial score (nSPS) is 33.9. The third-order valence-corrected chi connectivity index (χ3v) is 2.28. The average Bonchev–Trinajstić information content (AvgIpc) is 2.32. The molecule has 0 radical (unpaired) electrons. The molecule has 0 saturated carbocycles. The predicted octanol–water partition coefficient (Wildman–Crippen LogP) is 0.843. The lowest BCUT2D eigenvalue weighted by Gasteiger charge is -2.24. The molecule has 2 atom stereocenters. The molecule has 0 aromatic rings. The SMILES string of the molecule is CN1C=CC2C=C(N)C=CC21. The standard InChI is InChI=1S/C9H12N2/c1-11-5-4-7-6-8(10)2-3-9(7)11/h2-7,9H,10H2,1H3. The van der Waals surface area contributed by atoms with Gasteiger partial charge in [-0.2, -0.15) is 0 Å². The van der Waals surface area contributed by atoms with Crippen LogP contribution in [-0.4, -0.2) is 18.0 Å². The Kier molecular flexibility index (Phi) is 1.28. The first-order valence-electron chi connectivity index (χ1n) is 3.83. The Labute approximate surface area is 66.7 Å². The first-order chi connectivity index (χ1) is 5.27. The van der Waals surface area contributed by atoms with Crippen LogP contribution in [0.1, 0.15) is 0 Å². The summed E-state index contributed by atoms with van der Waals surface area (Å²) in [4.78, 5) is 2.20. The second kappa shape index (κ2) is 2.16. The lowest BCUT2D eigenvalue weighted by atomic mass is 9.96. The van der Waals surface area contributed by atoms with Crippen LogP contribution >= 0.6 is 0 Å². The number of likely N-dealkylation sites (N-methyl/N-ethyl adjacent to an activating group) is 1. The van der Waals surface area contributed by atoms with Crippen LogP contribution < -0.4 is 5.73 Å². The van der Waals surface area contributed by atoms with Gasteiger partial charge in [0.1, 0.15) is 0 Å². The first kappa shape index (κ1) is 6.53. The lowest BCUT2D eigenvalue weighted by molar-refractivity contribution is 0.379. The van der Waals surface area contributed by atoms with Crippen LogP contribution in [0.3, 0.4) is 0 Å². The molecule has 0 spiro atoms. The van der Waals surface area contributed by atoms with Crippen molar-refractivity contribution < 1.29 is 0 Å². The van der Waals surface area contributed by atoms with E-state index in [-0.39, 0.29) is 0 Å². The fraction of sp³-hybridized carbons (Fsp3) is 0.333. The molecule has 2 unspecified atom stereocenters. The van der Waals surface area contributed by atoms with Crippen molar-refractivity contribution in [1.29, 1.82) is 0 Å². The summed E-state index contributed by atoms with van der Waals surface area (Å²) in [5.41, 5.74) is 6.54. The molecular formula is C9H12N2. The molecule has 1 heterocycles. The molecule has 2 aliphatic rings. The number of hydrogen-bond donors (Lipinski definition) is 1. The van der Waals surface area contributed by atoms with Gasteiger partial charge in [0.15, 0.2) is 0 Å². The van der Waals surface area contributed by atoms with E-state index < -0.39 is 0 Å². The summed E-state index contributed by atoms with van der Waals surface area (Å²) in [6.07, 6.45) is 10.5. The zero-order chi connectivity index (χ0) is 7.84. The van der Waals surface area contributed by atoms with E-state index >= 15 is 0 Å². The second-order valence-corrected chi connectivity index (χ2v) is 3.10. The number of nitrogens with zero attached hydrogens (tertiary/aromatic N) is 1. The van der Waals surface area contributed by atoms with Crippen molar-refractivity contribution >= 4 is 0 Å². The van der Waals surface area contributed by atoms with Gasteiger partial charge in [-0.15, -0.1) is 0 Å². The molecule has 0 amide bonds. The van der Waals surface area contributed by atoms with Crippen LogP contribution in [0.15, 0.2) is 36.2 Å². The Hall–Kier alpha value is -1.18. The van der Waals surface area contributed by atoms with Gasteiger partial charge in [0.05, 0.1) is 6.04 Å². The van der Waals surface area contributed by atoms with E-state index in [0.29, 0.717) is 12.0 Å². The Morgan fingerprint density at radius 3 is 3.09 bits per heavy atom. The molecule has 2 rings (SSSR count). The van der Waals surface area contributed by atoms with Crippen molar-refractivity contribution in [3.63, 3.8) is 0 Å². The van der Waals surface area contributed by atoms with Crippen LogP contribution in [-0.2, 0) is 0 Å². The molecule has 1 aliphatic carbocycles. The maximum Gasteiger partial charge on any atom is 0.0566 e. The molecule has 11 heavy (non-hydrogen) atoms. The van der Waals surface area contributed by atoms with Gasteiger partial charge in [-0.1, -0.05) is 18.2 Å². The quantitative estimate of drug-likeness (QED) is 0.551. The minimum Gasteiger partial charge on any atom is -0.399 e. The molecule has 0 aromatic carbocycles. The first-order valence-corrected chi connectivity index (χ1v) is 3.83. The van der Waals surface area contributed by atoms with E-state index in [1.807, 2.05) is 6.08 Å². The summed E-state index contributed by atoms with van der Waals surface area (Å²) in [6.45, 7) is 0. The van der Waals surface area contributed by atoms with E-state index in [0.717, 1.165) is 5.70 Å². The fourth-order valence-corrected chi connectivity index (χ4v) is 1.63. The predicted molar refractivity (Wildman–Crippen MR) is 45.6 cm³/mol. The number of fused-ring (bicyclic) bond motifs is 1. The fourth-order valence-electron chi connectivity index (χ4n) is 1.63. The van der Waals surface area contributed by atoms with Crippen LogP contribution in [0, 0.1) is 5.92 Å². The Morgan fingerprint density at radius 1 is 1.45 bits per heavy atom. The van der Waals surface area contributed by atoms with Gasteiger partial charge in [-0.05, 0) is 12.3 Å². The number of allylic oxidation sites excluding steroid dienone is 1. The van der Waals surface area contributed by atoms with E-state index in [1.165, 1.54) is 0 Å². The highest BCUT2D eigenvalue weighted by atomic mass is 15.1. The molecule has 0 bridgehead atoms. The summed E-state index contributed by atoms with van der Waals surface area (Å²) >= 11 is 0. The highest BCUT2D eigenvalue weighted by molar-refractivity contribution is 5.30.